The monoisotopic (exact) mass is 142 g/mol. The molecule has 2 N–H and O–H groups in total. The number of rotatable bonds is 3. The highest BCUT2D eigenvalue weighted by atomic mass is 16.3. The van der Waals surface area contributed by atoms with Gasteiger partial charge in [0.05, 0.1) is 6.10 Å². The third-order valence-electron chi connectivity index (χ3n) is 1.13. The Kier molecular flexibility index (Phi) is 6.25. The summed E-state index contributed by atoms with van der Waals surface area (Å²) in [5.74, 6) is 5.33. The van der Waals surface area contributed by atoms with Gasteiger partial charge in [0.25, 0.3) is 0 Å². The molecule has 0 rings (SSSR count). The van der Waals surface area contributed by atoms with Gasteiger partial charge in [0.1, 0.15) is 6.61 Å². The molecular formula is C8H14O2. The van der Waals surface area contributed by atoms with Crippen LogP contribution in [0.5, 0.6) is 0 Å². The molecule has 0 spiro atoms. The third kappa shape index (κ3) is 7.48. The van der Waals surface area contributed by atoms with Crippen LogP contribution in [0.1, 0.15) is 26.2 Å². The summed E-state index contributed by atoms with van der Waals surface area (Å²) in [6.45, 7) is 1.70. The largest absolute Gasteiger partial charge is 0.393 e. The summed E-state index contributed by atoms with van der Waals surface area (Å²) in [7, 11) is 0. The van der Waals surface area contributed by atoms with Crippen molar-refractivity contribution in [3.8, 4) is 11.8 Å². The second-order valence-electron chi connectivity index (χ2n) is 2.25. The zero-order valence-corrected chi connectivity index (χ0v) is 6.30. The van der Waals surface area contributed by atoms with E-state index < -0.39 is 0 Å². The zero-order valence-electron chi connectivity index (χ0n) is 6.30. The Balaban J connectivity index is 3.05. The van der Waals surface area contributed by atoms with E-state index in [2.05, 4.69) is 11.8 Å². The van der Waals surface area contributed by atoms with Crippen LogP contribution in [-0.2, 0) is 0 Å². The van der Waals surface area contributed by atoms with Crippen LogP contribution in [-0.4, -0.2) is 22.9 Å². The molecule has 0 fully saturated rings. The molecule has 0 aliphatic heterocycles. The molecule has 0 heterocycles. The lowest BCUT2D eigenvalue weighted by Crippen LogP contribution is -1.97. The lowest BCUT2D eigenvalue weighted by molar-refractivity contribution is 0.182. The maximum Gasteiger partial charge on any atom is 0.104 e. The second-order valence-corrected chi connectivity index (χ2v) is 2.25. The second kappa shape index (κ2) is 6.60. The van der Waals surface area contributed by atoms with Crippen molar-refractivity contribution in [3.05, 3.63) is 0 Å². The molecule has 2 heteroatoms. The maximum atomic E-state index is 8.81. The van der Waals surface area contributed by atoms with Crippen molar-refractivity contribution < 1.29 is 10.2 Å². The lowest BCUT2D eigenvalue weighted by atomic mass is 10.2. The topological polar surface area (TPSA) is 40.5 Å². The van der Waals surface area contributed by atoms with Gasteiger partial charge in [-0.2, -0.15) is 0 Å². The highest BCUT2D eigenvalue weighted by molar-refractivity contribution is 4.98. The van der Waals surface area contributed by atoms with Gasteiger partial charge in [-0.1, -0.05) is 5.92 Å². The first-order valence-electron chi connectivity index (χ1n) is 3.52. The van der Waals surface area contributed by atoms with Gasteiger partial charge in [-0.15, -0.1) is 5.92 Å². The Hall–Kier alpha value is -0.520. The normalized spacial score (nSPS) is 11.9. The van der Waals surface area contributed by atoms with Gasteiger partial charge in [-0.05, 0) is 19.8 Å². The van der Waals surface area contributed by atoms with Crippen LogP contribution in [0, 0.1) is 11.8 Å². The fourth-order valence-electron chi connectivity index (χ4n) is 0.630. The number of hydrogen-bond donors (Lipinski definition) is 2. The first-order valence-corrected chi connectivity index (χ1v) is 3.52. The van der Waals surface area contributed by atoms with Crippen LogP contribution < -0.4 is 0 Å². The summed E-state index contributed by atoms with van der Waals surface area (Å²) in [5.41, 5.74) is 0. The van der Waals surface area contributed by atoms with E-state index in [1.54, 1.807) is 6.92 Å². The number of aliphatic hydroxyl groups excluding tert-OH is 2. The Bertz CT molecular complexity index is 119. The summed E-state index contributed by atoms with van der Waals surface area (Å²) in [6.07, 6.45) is 2.24. The quantitative estimate of drug-likeness (QED) is 0.446. The summed E-state index contributed by atoms with van der Waals surface area (Å²) >= 11 is 0. The molecule has 10 heavy (non-hydrogen) atoms. The van der Waals surface area contributed by atoms with Gasteiger partial charge in [0, 0.05) is 6.42 Å². The van der Waals surface area contributed by atoms with E-state index in [1.807, 2.05) is 0 Å². The van der Waals surface area contributed by atoms with E-state index in [4.69, 9.17) is 10.2 Å². The zero-order chi connectivity index (χ0) is 7.82. The van der Waals surface area contributed by atoms with Gasteiger partial charge in [0.2, 0.25) is 0 Å². The molecule has 0 aromatic heterocycles. The lowest BCUT2D eigenvalue weighted by Gasteiger charge is -1.98. The fourth-order valence-corrected chi connectivity index (χ4v) is 0.630. The van der Waals surface area contributed by atoms with Crippen molar-refractivity contribution >= 4 is 0 Å². The van der Waals surface area contributed by atoms with Crippen LogP contribution >= 0.6 is 0 Å². The van der Waals surface area contributed by atoms with Crippen LogP contribution in [0.15, 0.2) is 0 Å². The first-order chi connectivity index (χ1) is 4.77. The molecule has 1 atom stereocenters. The third-order valence-corrected chi connectivity index (χ3v) is 1.13. The van der Waals surface area contributed by atoms with E-state index in [9.17, 15) is 0 Å². The molecule has 0 aromatic carbocycles. The van der Waals surface area contributed by atoms with Gasteiger partial charge in [-0.25, -0.2) is 0 Å². The van der Waals surface area contributed by atoms with Gasteiger partial charge in [0.15, 0.2) is 0 Å². The van der Waals surface area contributed by atoms with Crippen molar-refractivity contribution in [2.75, 3.05) is 6.61 Å². The van der Waals surface area contributed by atoms with E-state index >= 15 is 0 Å². The average molecular weight is 142 g/mol. The summed E-state index contributed by atoms with van der Waals surface area (Å²) < 4.78 is 0. The molecule has 2 nitrogen and oxygen atoms in total. The molecule has 1 unspecified atom stereocenters. The molecule has 0 aliphatic carbocycles. The predicted molar refractivity (Wildman–Crippen MR) is 40.4 cm³/mol. The Morgan fingerprint density at radius 1 is 1.40 bits per heavy atom. The van der Waals surface area contributed by atoms with Crippen LogP contribution in [0.2, 0.25) is 0 Å². The molecule has 0 radical (unpaired) electrons. The molecular weight excluding hydrogens is 128 g/mol. The number of hydrogen-bond acceptors (Lipinski definition) is 2. The predicted octanol–water partition coefficient (Wildman–Crippen LogP) is 0.533. The standard InChI is InChI=1S/C8H14O2/c1-8(10)6-4-2-3-5-7-9/h8-10H,2,4,6-7H2,1H3. The Morgan fingerprint density at radius 3 is 2.60 bits per heavy atom. The molecule has 0 aromatic rings. The molecule has 0 amide bonds. The van der Waals surface area contributed by atoms with E-state index in [-0.39, 0.29) is 12.7 Å². The van der Waals surface area contributed by atoms with Crippen molar-refractivity contribution in [2.45, 2.75) is 32.3 Å². The van der Waals surface area contributed by atoms with Gasteiger partial charge in [-0.3, -0.25) is 0 Å². The molecule has 0 saturated heterocycles. The highest BCUT2D eigenvalue weighted by Gasteiger charge is 1.91. The van der Waals surface area contributed by atoms with Crippen LogP contribution in [0.25, 0.3) is 0 Å². The van der Waals surface area contributed by atoms with Crippen molar-refractivity contribution in [1.82, 2.24) is 0 Å². The summed E-state index contributed by atoms with van der Waals surface area (Å²) in [6, 6.07) is 0. The summed E-state index contributed by atoms with van der Waals surface area (Å²) in [5, 5.41) is 17.1. The molecule has 0 bridgehead atoms. The minimum Gasteiger partial charge on any atom is -0.393 e. The average Bonchev–Trinajstić information content (AvgIpc) is 1.87. The van der Waals surface area contributed by atoms with Crippen molar-refractivity contribution in [2.24, 2.45) is 0 Å². The van der Waals surface area contributed by atoms with E-state index in [1.165, 1.54) is 0 Å². The Labute approximate surface area is 61.9 Å². The maximum absolute atomic E-state index is 8.81. The SMILES string of the molecule is CC(O)CCCC#CCO. The molecule has 0 aliphatic rings. The van der Waals surface area contributed by atoms with Crippen LogP contribution in [0.4, 0.5) is 0 Å². The minimum atomic E-state index is -0.226. The van der Waals surface area contributed by atoms with Crippen molar-refractivity contribution in [3.63, 3.8) is 0 Å². The highest BCUT2D eigenvalue weighted by Crippen LogP contribution is 1.97. The Morgan fingerprint density at radius 2 is 2.10 bits per heavy atom. The minimum absolute atomic E-state index is 0.0608. The fraction of sp³-hybridized carbons (Fsp3) is 0.750. The van der Waals surface area contributed by atoms with Gasteiger partial charge >= 0.3 is 0 Å². The number of aliphatic hydroxyl groups is 2. The molecule has 0 saturated carbocycles. The van der Waals surface area contributed by atoms with E-state index in [0.29, 0.717) is 0 Å². The number of unbranched alkanes of at least 4 members (excludes halogenated alkanes) is 1. The molecule has 58 valence electrons. The van der Waals surface area contributed by atoms with Crippen LogP contribution in [0.3, 0.4) is 0 Å². The first kappa shape index (κ1) is 9.48. The van der Waals surface area contributed by atoms with E-state index in [0.717, 1.165) is 19.3 Å². The smallest absolute Gasteiger partial charge is 0.104 e. The van der Waals surface area contributed by atoms with Crippen molar-refractivity contribution in [1.29, 1.82) is 0 Å². The summed E-state index contributed by atoms with van der Waals surface area (Å²) in [4.78, 5) is 0. The van der Waals surface area contributed by atoms with Gasteiger partial charge < -0.3 is 10.2 Å².